The van der Waals surface area contributed by atoms with Crippen molar-refractivity contribution in [1.82, 2.24) is 4.90 Å². The number of carbonyl (C=O) groups excluding carboxylic acids is 2. The van der Waals surface area contributed by atoms with E-state index in [9.17, 15) is 18.0 Å². The van der Waals surface area contributed by atoms with Crippen LogP contribution in [0.15, 0.2) is 24.3 Å². The van der Waals surface area contributed by atoms with Crippen LogP contribution in [0.2, 0.25) is 0 Å². The second-order valence-electron chi connectivity index (χ2n) is 7.81. The topological polar surface area (TPSA) is 84.0 Å². The lowest BCUT2D eigenvalue weighted by Crippen LogP contribution is -2.48. The maximum absolute atomic E-state index is 12.9. The van der Waals surface area contributed by atoms with Crippen LogP contribution in [-0.2, 0) is 19.4 Å². The number of hydrogen-bond donors (Lipinski definition) is 0. The molecule has 0 N–H and O–H groups in total. The number of hydrogen-bond acceptors (Lipinski definition) is 6. The Labute approximate surface area is 166 Å². The lowest BCUT2D eigenvalue weighted by atomic mass is 10.1. The van der Waals surface area contributed by atoms with Crippen LogP contribution in [0, 0.1) is 0 Å². The molecule has 1 heterocycles. The van der Waals surface area contributed by atoms with E-state index in [1.165, 1.54) is 0 Å². The lowest BCUT2D eigenvalue weighted by Gasteiger charge is -2.33. The third-order valence-corrected chi connectivity index (χ3v) is 7.30. The van der Waals surface area contributed by atoms with Gasteiger partial charge < -0.3 is 14.5 Å². The van der Waals surface area contributed by atoms with Gasteiger partial charge in [0, 0.05) is 31.9 Å². The largest absolute Gasteiger partial charge is 0.452 e. The van der Waals surface area contributed by atoms with E-state index in [-0.39, 0.29) is 36.1 Å². The van der Waals surface area contributed by atoms with Crippen LogP contribution >= 0.6 is 0 Å². The standard InChI is InChI=1S/C20H28N2O5S/c1-21(2)16-9-7-15(8-10-16)20(24)27-13-19(23)22(17-5-3-4-6-17)18-11-12-28(25,26)14-18/h7-10,17-18H,3-6,11-14H2,1-2H3/t18-/m1/s1. The fourth-order valence-corrected chi connectivity index (χ4v) is 5.77. The molecule has 3 rings (SSSR count). The number of nitrogens with zero attached hydrogens (tertiary/aromatic N) is 2. The van der Waals surface area contributed by atoms with Gasteiger partial charge in [0.2, 0.25) is 0 Å². The summed E-state index contributed by atoms with van der Waals surface area (Å²) in [7, 11) is 0.724. The van der Waals surface area contributed by atoms with Crippen LogP contribution in [-0.4, -0.2) is 69.5 Å². The molecule has 0 bridgehead atoms. The Kier molecular flexibility index (Phi) is 6.27. The van der Waals surface area contributed by atoms with Gasteiger partial charge in [0.15, 0.2) is 16.4 Å². The highest BCUT2D eigenvalue weighted by Gasteiger charge is 2.39. The number of sulfone groups is 1. The van der Waals surface area contributed by atoms with Gasteiger partial charge in [-0.2, -0.15) is 0 Å². The summed E-state index contributed by atoms with van der Waals surface area (Å²) in [5.74, 6) is -0.724. The molecule has 0 radical (unpaired) electrons. The lowest BCUT2D eigenvalue weighted by molar-refractivity contribution is -0.139. The smallest absolute Gasteiger partial charge is 0.338 e. The van der Waals surface area contributed by atoms with Crippen molar-refractivity contribution in [1.29, 1.82) is 0 Å². The minimum absolute atomic E-state index is 0.00911. The molecule has 1 aromatic rings. The van der Waals surface area contributed by atoms with E-state index in [1.807, 2.05) is 31.1 Å². The van der Waals surface area contributed by atoms with E-state index in [0.29, 0.717) is 12.0 Å². The van der Waals surface area contributed by atoms with Crippen molar-refractivity contribution in [3.8, 4) is 0 Å². The second kappa shape index (κ2) is 8.51. The average Bonchev–Trinajstić information content (AvgIpc) is 3.30. The number of anilines is 1. The van der Waals surface area contributed by atoms with Gasteiger partial charge in [0.25, 0.3) is 5.91 Å². The van der Waals surface area contributed by atoms with Crippen molar-refractivity contribution >= 4 is 27.4 Å². The van der Waals surface area contributed by atoms with Crippen molar-refractivity contribution < 1.29 is 22.7 Å². The SMILES string of the molecule is CN(C)c1ccc(C(=O)OCC(=O)N(C2CCCC2)[C@@H]2CCS(=O)(=O)C2)cc1. The first-order valence-corrected chi connectivity index (χ1v) is 11.5. The molecule has 0 spiro atoms. The van der Waals surface area contributed by atoms with E-state index in [2.05, 4.69) is 0 Å². The highest BCUT2D eigenvalue weighted by Crippen LogP contribution is 2.29. The summed E-state index contributed by atoms with van der Waals surface area (Å²) in [5, 5.41) is 0. The van der Waals surface area contributed by atoms with E-state index in [1.54, 1.807) is 17.0 Å². The zero-order valence-electron chi connectivity index (χ0n) is 16.5. The first kappa shape index (κ1) is 20.6. The van der Waals surface area contributed by atoms with Gasteiger partial charge in [-0.05, 0) is 43.5 Å². The number of esters is 1. The van der Waals surface area contributed by atoms with Crippen molar-refractivity contribution in [3.63, 3.8) is 0 Å². The molecule has 1 aromatic carbocycles. The first-order valence-electron chi connectivity index (χ1n) is 9.73. The van der Waals surface area contributed by atoms with Crippen LogP contribution < -0.4 is 4.90 Å². The maximum atomic E-state index is 12.9. The molecule has 1 saturated carbocycles. The molecule has 2 aliphatic rings. The maximum Gasteiger partial charge on any atom is 0.338 e. The normalized spacial score (nSPS) is 21.4. The van der Waals surface area contributed by atoms with Crippen molar-refractivity contribution in [2.45, 2.75) is 44.2 Å². The fraction of sp³-hybridized carbons (Fsp3) is 0.600. The molecule has 2 fully saturated rings. The van der Waals surface area contributed by atoms with Gasteiger partial charge in [-0.25, -0.2) is 13.2 Å². The Morgan fingerprint density at radius 1 is 1.04 bits per heavy atom. The molecular weight excluding hydrogens is 380 g/mol. The summed E-state index contributed by atoms with van der Waals surface area (Å²) >= 11 is 0. The van der Waals surface area contributed by atoms with Gasteiger partial charge in [-0.3, -0.25) is 4.79 Å². The summed E-state index contributed by atoms with van der Waals surface area (Å²) in [6, 6.07) is 6.70. The average molecular weight is 409 g/mol. The van der Waals surface area contributed by atoms with Gasteiger partial charge in [0.05, 0.1) is 17.1 Å². The number of rotatable bonds is 6. The molecule has 0 unspecified atom stereocenters. The molecular formula is C20H28N2O5S. The molecule has 1 aliphatic carbocycles. The molecule has 0 aromatic heterocycles. The zero-order chi connectivity index (χ0) is 20.3. The Morgan fingerprint density at radius 3 is 2.21 bits per heavy atom. The molecule has 154 valence electrons. The van der Waals surface area contributed by atoms with E-state index < -0.39 is 15.8 Å². The van der Waals surface area contributed by atoms with Crippen molar-refractivity contribution in [3.05, 3.63) is 29.8 Å². The van der Waals surface area contributed by atoms with Gasteiger partial charge >= 0.3 is 5.97 Å². The third-order valence-electron chi connectivity index (χ3n) is 5.55. The number of amides is 1. The third kappa shape index (κ3) is 4.84. The Morgan fingerprint density at radius 2 is 1.68 bits per heavy atom. The summed E-state index contributed by atoms with van der Waals surface area (Å²) < 4.78 is 29.0. The van der Waals surface area contributed by atoms with Crippen LogP contribution in [0.1, 0.15) is 42.5 Å². The van der Waals surface area contributed by atoms with Crippen LogP contribution in [0.4, 0.5) is 5.69 Å². The molecule has 1 amide bonds. The van der Waals surface area contributed by atoms with Crippen LogP contribution in [0.25, 0.3) is 0 Å². The predicted molar refractivity (Wildman–Crippen MR) is 107 cm³/mol. The van der Waals surface area contributed by atoms with Crippen LogP contribution in [0.5, 0.6) is 0 Å². The minimum Gasteiger partial charge on any atom is -0.452 e. The summed E-state index contributed by atoms with van der Waals surface area (Å²) in [6.45, 7) is -0.360. The summed E-state index contributed by atoms with van der Waals surface area (Å²) in [4.78, 5) is 28.8. The minimum atomic E-state index is -3.09. The first-order chi connectivity index (χ1) is 13.3. The Bertz CT molecular complexity index is 814. The highest BCUT2D eigenvalue weighted by molar-refractivity contribution is 7.91. The van der Waals surface area contributed by atoms with Gasteiger partial charge in [0.1, 0.15) is 0 Å². The summed E-state index contributed by atoms with van der Waals surface area (Å²) in [5.41, 5.74) is 1.34. The number of carbonyl (C=O) groups is 2. The molecule has 8 heteroatoms. The van der Waals surface area contributed by atoms with Crippen LogP contribution in [0.3, 0.4) is 0 Å². The Balaban J connectivity index is 1.64. The quantitative estimate of drug-likeness (QED) is 0.668. The van der Waals surface area contributed by atoms with E-state index in [0.717, 1.165) is 31.4 Å². The molecule has 28 heavy (non-hydrogen) atoms. The Hall–Kier alpha value is -2.09. The molecule has 7 nitrogen and oxygen atoms in total. The monoisotopic (exact) mass is 408 g/mol. The molecule has 1 aliphatic heterocycles. The predicted octanol–water partition coefficient (Wildman–Crippen LogP) is 1.87. The number of benzene rings is 1. The molecule has 1 saturated heterocycles. The van der Waals surface area contributed by atoms with E-state index >= 15 is 0 Å². The number of ether oxygens (including phenoxy) is 1. The second-order valence-corrected chi connectivity index (χ2v) is 10.0. The highest BCUT2D eigenvalue weighted by atomic mass is 32.2. The van der Waals surface area contributed by atoms with Crippen molar-refractivity contribution in [2.75, 3.05) is 37.1 Å². The summed E-state index contributed by atoms with van der Waals surface area (Å²) in [6.07, 6.45) is 4.28. The molecule has 1 atom stereocenters. The zero-order valence-corrected chi connectivity index (χ0v) is 17.3. The van der Waals surface area contributed by atoms with E-state index in [4.69, 9.17) is 4.74 Å². The van der Waals surface area contributed by atoms with Gasteiger partial charge in [-0.1, -0.05) is 12.8 Å². The fourth-order valence-electron chi connectivity index (χ4n) is 4.06. The van der Waals surface area contributed by atoms with Gasteiger partial charge in [-0.15, -0.1) is 0 Å². The van der Waals surface area contributed by atoms with Crippen molar-refractivity contribution in [2.24, 2.45) is 0 Å².